The Morgan fingerprint density at radius 2 is 1.95 bits per heavy atom. The second-order valence-corrected chi connectivity index (χ2v) is 5.18. The third-order valence-electron chi connectivity index (χ3n) is 2.86. The van der Waals surface area contributed by atoms with Crippen LogP contribution in [0.25, 0.3) is 0 Å². The summed E-state index contributed by atoms with van der Waals surface area (Å²) < 4.78 is 6.81. The molecule has 0 atom stereocenters. The van der Waals surface area contributed by atoms with Crippen molar-refractivity contribution in [2.45, 2.75) is 19.4 Å². The summed E-state index contributed by atoms with van der Waals surface area (Å²) in [7, 11) is 0. The van der Waals surface area contributed by atoms with Crippen LogP contribution in [-0.2, 0) is 13.0 Å². The summed E-state index contributed by atoms with van der Waals surface area (Å²) in [6, 6.07) is 9.99. The smallest absolute Gasteiger partial charge is 0.123 e. The summed E-state index contributed by atoms with van der Waals surface area (Å²) in [6.07, 6.45) is 5.61. The highest BCUT2D eigenvalue weighted by molar-refractivity contribution is 9.10. The van der Waals surface area contributed by atoms with Crippen LogP contribution < -0.4 is 10.5 Å². The minimum absolute atomic E-state index is 0.485. The van der Waals surface area contributed by atoms with Crippen LogP contribution in [0.4, 0.5) is 0 Å². The third kappa shape index (κ3) is 4.33. The maximum atomic E-state index is 5.79. The molecule has 0 radical (unpaired) electrons. The molecule has 0 saturated carbocycles. The summed E-state index contributed by atoms with van der Waals surface area (Å²) in [6.45, 7) is 1.18. The first-order valence-electron chi connectivity index (χ1n) is 6.30. The van der Waals surface area contributed by atoms with Gasteiger partial charge in [0.2, 0.25) is 0 Å². The highest BCUT2D eigenvalue weighted by atomic mass is 79.9. The van der Waals surface area contributed by atoms with Gasteiger partial charge in [-0.15, -0.1) is 0 Å². The van der Waals surface area contributed by atoms with E-state index in [0.717, 1.165) is 28.6 Å². The highest BCUT2D eigenvalue weighted by Gasteiger charge is 2.03. The third-order valence-corrected chi connectivity index (χ3v) is 3.35. The van der Waals surface area contributed by atoms with Crippen molar-refractivity contribution >= 4 is 15.9 Å². The Morgan fingerprint density at radius 3 is 2.68 bits per heavy atom. The molecule has 0 saturated heterocycles. The Kier molecular flexibility index (Phi) is 5.36. The summed E-state index contributed by atoms with van der Waals surface area (Å²) in [4.78, 5) is 4.00. The lowest BCUT2D eigenvalue weighted by atomic mass is 10.1. The fourth-order valence-electron chi connectivity index (χ4n) is 1.86. The van der Waals surface area contributed by atoms with Crippen LogP contribution >= 0.6 is 15.9 Å². The van der Waals surface area contributed by atoms with E-state index in [1.165, 1.54) is 5.56 Å². The molecule has 0 fully saturated rings. The molecule has 1 aromatic heterocycles. The molecule has 0 bridgehead atoms. The second kappa shape index (κ2) is 7.26. The Labute approximate surface area is 121 Å². The van der Waals surface area contributed by atoms with Crippen LogP contribution in [0.1, 0.15) is 17.5 Å². The molecule has 19 heavy (non-hydrogen) atoms. The summed E-state index contributed by atoms with van der Waals surface area (Å²) in [5.74, 6) is 0.875. The Hall–Kier alpha value is -1.39. The molecule has 0 aliphatic heterocycles. The molecule has 0 aliphatic rings. The van der Waals surface area contributed by atoms with Gasteiger partial charge in [0.25, 0.3) is 0 Å². The van der Waals surface area contributed by atoms with Gasteiger partial charge in [-0.05, 0) is 48.7 Å². The van der Waals surface area contributed by atoms with E-state index in [9.17, 15) is 0 Å². The van der Waals surface area contributed by atoms with E-state index >= 15 is 0 Å². The van der Waals surface area contributed by atoms with Crippen molar-refractivity contribution in [3.8, 4) is 5.75 Å². The highest BCUT2D eigenvalue weighted by Crippen LogP contribution is 2.23. The van der Waals surface area contributed by atoms with Crippen molar-refractivity contribution in [3.05, 3.63) is 58.3 Å². The zero-order chi connectivity index (χ0) is 13.5. The van der Waals surface area contributed by atoms with E-state index in [1.807, 2.05) is 42.7 Å². The number of pyridine rings is 1. The number of benzene rings is 1. The molecular formula is C15H17BrN2O. The average molecular weight is 321 g/mol. The lowest BCUT2D eigenvalue weighted by Crippen LogP contribution is -2.04. The van der Waals surface area contributed by atoms with Gasteiger partial charge in [0, 0.05) is 29.0 Å². The minimum Gasteiger partial charge on any atom is -0.493 e. The topological polar surface area (TPSA) is 48.1 Å². The van der Waals surface area contributed by atoms with Crippen molar-refractivity contribution in [2.24, 2.45) is 5.73 Å². The zero-order valence-electron chi connectivity index (χ0n) is 10.7. The fraction of sp³-hybridized carbons (Fsp3) is 0.267. The molecule has 1 heterocycles. The number of nitrogens with zero attached hydrogens (tertiary/aromatic N) is 1. The van der Waals surface area contributed by atoms with Crippen molar-refractivity contribution in [1.82, 2.24) is 4.98 Å². The number of hydrogen-bond donors (Lipinski definition) is 1. The van der Waals surface area contributed by atoms with E-state index in [1.54, 1.807) is 0 Å². The molecule has 100 valence electrons. The Balaban J connectivity index is 1.83. The predicted molar refractivity (Wildman–Crippen MR) is 80.1 cm³/mol. The molecule has 2 N–H and O–H groups in total. The number of ether oxygens (including phenoxy) is 1. The quantitative estimate of drug-likeness (QED) is 0.831. The van der Waals surface area contributed by atoms with Crippen molar-refractivity contribution < 1.29 is 4.74 Å². The van der Waals surface area contributed by atoms with E-state index in [4.69, 9.17) is 10.5 Å². The lowest BCUT2D eigenvalue weighted by Gasteiger charge is -2.10. The monoisotopic (exact) mass is 320 g/mol. The molecular weight excluding hydrogens is 304 g/mol. The normalized spacial score (nSPS) is 10.4. The zero-order valence-corrected chi connectivity index (χ0v) is 12.3. The van der Waals surface area contributed by atoms with E-state index in [-0.39, 0.29) is 0 Å². The summed E-state index contributed by atoms with van der Waals surface area (Å²) in [5.41, 5.74) is 8.02. The van der Waals surface area contributed by atoms with Gasteiger partial charge >= 0.3 is 0 Å². The molecule has 1 aromatic carbocycles. The van der Waals surface area contributed by atoms with Crippen molar-refractivity contribution in [3.63, 3.8) is 0 Å². The first kappa shape index (κ1) is 14.0. The van der Waals surface area contributed by atoms with Crippen LogP contribution in [0.3, 0.4) is 0 Å². The minimum atomic E-state index is 0.485. The number of nitrogens with two attached hydrogens (primary N) is 1. The van der Waals surface area contributed by atoms with Gasteiger partial charge in [-0.25, -0.2) is 0 Å². The van der Waals surface area contributed by atoms with E-state index in [0.29, 0.717) is 13.2 Å². The van der Waals surface area contributed by atoms with Crippen LogP contribution in [0, 0.1) is 0 Å². The number of halogens is 1. The standard InChI is InChI=1S/C15H17BrN2O/c16-14-3-4-15(13(10-14)11-17)19-9-1-2-12-5-7-18-8-6-12/h3-8,10H,1-2,9,11,17H2. The van der Waals surface area contributed by atoms with Gasteiger partial charge < -0.3 is 10.5 Å². The van der Waals surface area contributed by atoms with E-state index in [2.05, 4.69) is 20.9 Å². The van der Waals surface area contributed by atoms with Gasteiger partial charge in [-0.3, -0.25) is 4.98 Å². The molecule has 0 aliphatic carbocycles. The van der Waals surface area contributed by atoms with Crippen LogP contribution in [0.2, 0.25) is 0 Å². The maximum Gasteiger partial charge on any atom is 0.123 e. The van der Waals surface area contributed by atoms with Crippen molar-refractivity contribution in [2.75, 3.05) is 6.61 Å². The van der Waals surface area contributed by atoms with Crippen LogP contribution in [0.5, 0.6) is 5.75 Å². The molecule has 2 rings (SSSR count). The van der Waals surface area contributed by atoms with Gasteiger partial charge in [-0.1, -0.05) is 15.9 Å². The summed E-state index contributed by atoms with van der Waals surface area (Å²) in [5, 5.41) is 0. The molecule has 0 unspecified atom stereocenters. The Bertz CT molecular complexity index is 517. The molecule has 0 amide bonds. The first-order chi connectivity index (χ1) is 9.29. The number of aromatic nitrogens is 1. The SMILES string of the molecule is NCc1cc(Br)ccc1OCCCc1ccncc1. The lowest BCUT2D eigenvalue weighted by molar-refractivity contribution is 0.308. The molecule has 2 aromatic rings. The molecule has 0 spiro atoms. The number of rotatable bonds is 6. The average Bonchev–Trinajstić information content (AvgIpc) is 2.46. The van der Waals surface area contributed by atoms with Crippen LogP contribution in [0.15, 0.2) is 47.2 Å². The van der Waals surface area contributed by atoms with Gasteiger partial charge in [0.15, 0.2) is 0 Å². The van der Waals surface area contributed by atoms with Crippen molar-refractivity contribution in [1.29, 1.82) is 0 Å². The first-order valence-corrected chi connectivity index (χ1v) is 7.09. The van der Waals surface area contributed by atoms with Gasteiger partial charge in [0.1, 0.15) is 5.75 Å². The predicted octanol–water partition coefficient (Wildman–Crippen LogP) is 3.31. The largest absolute Gasteiger partial charge is 0.493 e. The van der Waals surface area contributed by atoms with Gasteiger partial charge in [-0.2, -0.15) is 0 Å². The van der Waals surface area contributed by atoms with Gasteiger partial charge in [0.05, 0.1) is 6.61 Å². The van der Waals surface area contributed by atoms with Crippen LogP contribution in [-0.4, -0.2) is 11.6 Å². The molecule has 3 nitrogen and oxygen atoms in total. The van der Waals surface area contributed by atoms with E-state index < -0.39 is 0 Å². The Morgan fingerprint density at radius 1 is 1.16 bits per heavy atom. The number of aryl methyl sites for hydroxylation is 1. The number of hydrogen-bond acceptors (Lipinski definition) is 3. The molecule has 4 heteroatoms. The summed E-state index contributed by atoms with van der Waals surface area (Å²) >= 11 is 3.43. The second-order valence-electron chi connectivity index (χ2n) is 4.26. The maximum absolute atomic E-state index is 5.79. The fourth-order valence-corrected chi connectivity index (χ4v) is 2.26.